The smallest absolute Gasteiger partial charge is 0.266 e. The van der Waals surface area contributed by atoms with E-state index in [9.17, 15) is 26.9 Å². The molecule has 0 amide bonds. The van der Waals surface area contributed by atoms with Gasteiger partial charge in [0.15, 0.2) is 0 Å². The molecule has 0 aliphatic rings. The molecule has 0 fully saturated rings. The Labute approximate surface area is 193 Å². The van der Waals surface area contributed by atoms with Gasteiger partial charge in [-0.2, -0.15) is 0 Å². The van der Waals surface area contributed by atoms with Crippen LogP contribution in [-0.4, -0.2) is 28.3 Å². The zero-order valence-corrected chi connectivity index (χ0v) is 20.1. The highest BCUT2D eigenvalue weighted by atomic mass is 32.2. The van der Waals surface area contributed by atoms with Gasteiger partial charge in [-0.15, -0.1) is 0 Å². The van der Waals surface area contributed by atoms with Crippen LogP contribution in [0.3, 0.4) is 0 Å². The zero-order valence-electron chi connectivity index (χ0n) is 18.4. The van der Waals surface area contributed by atoms with Crippen molar-refractivity contribution in [2.24, 2.45) is 0 Å². The predicted molar refractivity (Wildman–Crippen MR) is 126 cm³/mol. The quantitative estimate of drug-likeness (QED) is 0.337. The summed E-state index contributed by atoms with van der Waals surface area (Å²) in [5, 5.41) is 10.8. The maximum atomic E-state index is 13.3. The molecular weight excluding hydrogens is 464 g/mol. The number of sulfone groups is 1. The highest BCUT2D eigenvalue weighted by molar-refractivity contribution is 7.93. The Kier molecular flexibility index (Phi) is 6.89. The molecule has 0 heterocycles. The van der Waals surface area contributed by atoms with Crippen LogP contribution in [0.25, 0.3) is 0 Å². The molecule has 0 bridgehead atoms. The van der Waals surface area contributed by atoms with Gasteiger partial charge in [0.25, 0.3) is 15.7 Å². The Morgan fingerprint density at radius 1 is 0.848 bits per heavy atom. The Balaban J connectivity index is 2.02. The van der Waals surface area contributed by atoms with Gasteiger partial charge < -0.3 is 0 Å². The lowest BCUT2D eigenvalue weighted by atomic mass is 10.2. The summed E-state index contributed by atoms with van der Waals surface area (Å²) in [7, 11) is -7.79. The lowest BCUT2D eigenvalue weighted by molar-refractivity contribution is -0.384. The number of sulfonamides is 1. The Hall–Kier alpha value is -3.24. The molecule has 3 aromatic carbocycles. The SMILES string of the molecule is CCCN(c1ccc(S(=O)(=O)c2ccc([N+](=O)[O-])cc2)c(C)c1)S(=O)(=O)c1ccc(C)cc1. The summed E-state index contributed by atoms with van der Waals surface area (Å²) in [6, 6.07) is 15.5. The monoisotopic (exact) mass is 488 g/mol. The Morgan fingerprint density at radius 2 is 1.42 bits per heavy atom. The molecule has 0 aliphatic carbocycles. The lowest BCUT2D eigenvalue weighted by Gasteiger charge is -2.25. The van der Waals surface area contributed by atoms with Crippen molar-refractivity contribution in [1.29, 1.82) is 0 Å². The van der Waals surface area contributed by atoms with Crippen LogP contribution in [-0.2, 0) is 19.9 Å². The summed E-state index contributed by atoms with van der Waals surface area (Å²) in [6.45, 7) is 5.54. The molecule has 10 heteroatoms. The van der Waals surface area contributed by atoms with Gasteiger partial charge in [0.1, 0.15) is 0 Å². The summed E-state index contributed by atoms with van der Waals surface area (Å²) in [5.41, 5.74) is 1.45. The molecule has 3 rings (SSSR count). The number of rotatable bonds is 8. The second kappa shape index (κ2) is 9.32. The molecule has 0 saturated carbocycles. The summed E-state index contributed by atoms with van der Waals surface area (Å²) in [5.74, 6) is 0. The molecule has 0 atom stereocenters. The number of non-ortho nitro benzene ring substituents is 1. The third-order valence-electron chi connectivity index (χ3n) is 5.13. The largest absolute Gasteiger partial charge is 0.269 e. The average Bonchev–Trinajstić information content (AvgIpc) is 2.77. The van der Waals surface area contributed by atoms with Crippen molar-refractivity contribution < 1.29 is 21.8 Å². The average molecular weight is 489 g/mol. The van der Waals surface area contributed by atoms with Crippen LogP contribution < -0.4 is 4.31 Å². The van der Waals surface area contributed by atoms with Crippen LogP contribution in [0.5, 0.6) is 0 Å². The molecule has 8 nitrogen and oxygen atoms in total. The number of benzene rings is 3. The number of hydrogen-bond acceptors (Lipinski definition) is 6. The molecule has 0 saturated heterocycles. The van der Waals surface area contributed by atoms with Gasteiger partial charge in [-0.3, -0.25) is 14.4 Å². The zero-order chi connectivity index (χ0) is 24.4. The van der Waals surface area contributed by atoms with Crippen LogP contribution in [0.15, 0.2) is 81.4 Å². The van der Waals surface area contributed by atoms with E-state index in [1.807, 2.05) is 13.8 Å². The van der Waals surface area contributed by atoms with Crippen LogP contribution in [0.2, 0.25) is 0 Å². The Bertz CT molecular complexity index is 1380. The van der Waals surface area contributed by atoms with Crippen molar-refractivity contribution in [3.63, 3.8) is 0 Å². The number of nitrogens with zero attached hydrogens (tertiary/aromatic N) is 2. The number of nitro benzene ring substituents is 1. The van der Waals surface area contributed by atoms with Gasteiger partial charge in [-0.1, -0.05) is 24.6 Å². The fraction of sp³-hybridized carbons (Fsp3) is 0.217. The second-order valence-electron chi connectivity index (χ2n) is 7.59. The van der Waals surface area contributed by atoms with Gasteiger partial charge in [0, 0.05) is 18.7 Å². The van der Waals surface area contributed by atoms with Crippen LogP contribution >= 0.6 is 0 Å². The molecule has 33 heavy (non-hydrogen) atoms. The minimum Gasteiger partial charge on any atom is -0.266 e. The third kappa shape index (κ3) is 4.91. The van der Waals surface area contributed by atoms with Gasteiger partial charge >= 0.3 is 0 Å². The molecule has 0 aliphatic heterocycles. The van der Waals surface area contributed by atoms with Crippen LogP contribution in [0.1, 0.15) is 24.5 Å². The van der Waals surface area contributed by atoms with E-state index in [0.29, 0.717) is 17.7 Å². The number of aryl methyl sites for hydroxylation is 2. The first kappa shape index (κ1) is 24.4. The summed E-state index contributed by atoms with van der Waals surface area (Å²) < 4.78 is 54.0. The normalized spacial score (nSPS) is 11.8. The van der Waals surface area contributed by atoms with Gasteiger partial charge in [-0.05, 0) is 68.3 Å². The van der Waals surface area contributed by atoms with E-state index in [1.165, 1.54) is 34.6 Å². The highest BCUT2D eigenvalue weighted by Gasteiger charge is 2.26. The maximum Gasteiger partial charge on any atom is 0.269 e. The van der Waals surface area contributed by atoms with E-state index in [1.54, 1.807) is 31.2 Å². The number of hydrogen-bond donors (Lipinski definition) is 0. The molecular formula is C23H24N2O6S2. The standard InChI is InChI=1S/C23H24N2O6S2/c1-4-15-24(33(30,31)22-10-5-17(2)6-11-22)20-9-14-23(18(3)16-20)32(28,29)21-12-7-19(8-13-21)25(26)27/h5-14,16H,4,15H2,1-3H3. The van der Waals surface area contributed by atoms with E-state index < -0.39 is 24.8 Å². The Morgan fingerprint density at radius 3 is 1.94 bits per heavy atom. The topological polar surface area (TPSA) is 115 Å². The van der Waals surface area contributed by atoms with Crippen molar-refractivity contribution in [2.75, 3.05) is 10.8 Å². The lowest BCUT2D eigenvalue weighted by Crippen LogP contribution is -2.32. The summed E-state index contributed by atoms with van der Waals surface area (Å²) >= 11 is 0. The van der Waals surface area contributed by atoms with E-state index in [0.717, 1.165) is 17.7 Å². The first-order chi connectivity index (χ1) is 15.5. The molecule has 0 N–H and O–H groups in total. The molecule has 0 spiro atoms. The minimum atomic E-state index is -3.95. The van der Waals surface area contributed by atoms with Crippen LogP contribution in [0, 0.1) is 24.0 Å². The minimum absolute atomic E-state index is 0.00397. The van der Waals surface area contributed by atoms with Crippen LogP contribution in [0.4, 0.5) is 11.4 Å². The fourth-order valence-corrected chi connectivity index (χ4v) is 6.42. The van der Waals surface area contributed by atoms with E-state index in [-0.39, 0.29) is 26.9 Å². The van der Waals surface area contributed by atoms with Gasteiger partial charge in [0.2, 0.25) is 9.84 Å². The summed E-state index contributed by atoms with van der Waals surface area (Å²) in [6.07, 6.45) is 0.562. The number of anilines is 1. The molecule has 0 radical (unpaired) electrons. The molecule has 0 aromatic heterocycles. The second-order valence-corrected chi connectivity index (χ2v) is 11.4. The van der Waals surface area contributed by atoms with Gasteiger partial charge in [0.05, 0.1) is 25.3 Å². The number of nitro groups is 1. The van der Waals surface area contributed by atoms with E-state index >= 15 is 0 Å². The van der Waals surface area contributed by atoms with Crippen molar-refractivity contribution in [1.82, 2.24) is 0 Å². The molecule has 174 valence electrons. The predicted octanol–water partition coefficient (Wildman–Crippen LogP) is 4.65. The first-order valence-electron chi connectivity index (χ1n) is 10.2. The van der Waals surface area contributed by atoms with E-state index in [4.69, 9.17) is 0 Å². The van der Waals surface area contributed by atoms with Crippen molar-refractivity contribution in [3.8, 4) is 0 Å². The van der Waals surface area contributed by atoms with Crippen molar-refractivity contribution >= 4 is 31.2 Å². The molecule has 0 unspecified atom stereocenters. The van der Waals surface area contributed by atoms with Crippen molar-refractivity contribution in [2.45, 2.75) is 41.9 Å². The van der Waals surface area contributed by atoms with Crippen molar-refractivity contribution in [3.05, 3.63) is 88.0 Å². The van der Waals surface area contributed by atoms with E-state index in [2.05, 4.69) is 0 Å². The highest BCUT2D eigenvalue weighted by Crippen LogP contribution is 2.31. The third-order valence-corrected chi connectivity index (χ3v) is 8.90. The first-order valence-corrected chi connectivity index (χ1v) is 13.1. The summed E-state index contributed by atoms with van der Waals surface area (Å²) in [4.78, 5) is 10.3. The molecule has 3 aromatic rings. The maximum absolute atomic E-state index is 13.3. The van der Waals surface area contributed by atoms with Gasteiger partial charge in [-0.25, -0.2) is 16.8 Å². The fourth-order valence-electron chi connectivity index (χ4n) is 3.39.